The molecule has 2 aromatic carbocycles. The van der Waals surface area contributed by atoms with Crippen LogP contribution >= 0.6 is 0 Å². The van der Waals surface area contributed by atoms with Gasteiger partial charge in [0.2, 0.25) is 0 Å². The van der Waals surface area contributed by atoms with Crippen molar-refractivity contribution in [2.45, 2.75) is 13.2 Å². The van der Waals surface area contributed by atoms with Crippen molar-refractivity contribution >= 4 is 0 Å². The highest BCUT2D eigenvalue weighted by Crippen LogP contribution is 2.29. The maximum absolute atomic E-state index is 14.0. The van der Waals surface area contributed by atoms with Gasteiger partial charge in [0.05, 0.1) is 13.2 Å². The number of benzene rings is 2. The van der Waals surface area contributed by atoms with Crippen LogP contribution in [0.1, 0.15) is 11.1 Å². The molecule has 2 aromatic rings. The van der Waals surface area contributed by atoms with Gasteiger partial charge in [-0.3, -0.25) is 0 Å². The standard InChI is InChI=1S/C14H12F2O2/c15-13-9(7-17)3-1-5-11(13)12-6-2-4-10(8-18)14(12)16/h1-6,17-18H,7-8H2. The predicted molar refractivity (Wildman–Crippen MR) is 63.6 cm³/mol. The molecule has 0 aromatic heterocycles. The van der Waals surface area contributed by atoms with E-state index in [-0.39, 0.29) is 22.3 Å². The van der Waals surface area contributed by atoms with E-state index < -0.39 is 24.8 Å². The highest BCUT2D eigenvalue weighted by molar-refractivity contribution is 5.66. The predicted octanol–water partition coefficient (Wildman–Crippen LogP) is 2.62. The first-order valence-electron chi connectivity index (χ1n) is 5.46. The molecule has 2 nitrogen and oxygen atoms in total. The van der Waals surface area contributed by atoms with Gasteiger partial charge in [-0.1, -0.05) is 36.4 Å². The molecule has 0 aliphatic heterocycles. The first-order chi connectivity index (χ1) is 8.69. The van der Waals surface area contributed by atoms with Gasteiger partial charge in [-0.25, -0.2) is 8.78 Å². The van der Waals surface area contributed by atoms with E-state index in [0.717, 1.165) is 0 Å². The molecule has 18 heavy (non-hydrogen) atoms. The number of hydrogen-bond donors (Lipinski definition) is 2. The lowest BCUT2D eigenvalue weighted by Gasteiger charge is -2.09. The molecular weight excluding hydrogens is 238 g/mol. The Morgan fingerprint density at radius 2 is 1.11 bits per heavy atom. The van der Waals surface area contributed by atoms with E-state index in [1.807, 2.05) is 0 Å². The quantitative estimate of drug-likeness (QED) is 0.879. The fraction of sp³-hybridized carbons (Fsp3) is 0.143. The van der Waals surface area contributed by atoms with E-state index in [2.05, 4.69) is 0 Å². The van der Waals surface area contributed by atoms with Crippen molar-refractivity contribution in [1.82, 2.24) is 0 Å². The fourth-order valence-electron chi connectivity index (χ4n) is 1.82. The number of rotatable bonds is 3. The summed E-state index contributed by atoms with van der Waals surface area (Å²) >= 11 is 0. The Bertz CT molecular complexity index is 516. The number of aliphatic hydroxyl groups excluding tert-OH is 2. The third-order valence-corrected chi connectivity index (χ3v) is 2.79. The third kappa shape index (κ3) is 2.12. The van der Waals surface area contributed by atoms with Crippen molar-refractivity contribution in [2.24, 2.45) is 0 Å². The van der Waals surface area contributed by atoms with E-state index >= 15 is 0 Å². The third-order valence-electron chi connectivity index (χ3n) is 2.79. The molecule has 0 radical (unpaired) electrons. The van der Waals surface area contributed by atoms with Crippen LogP contribution in [0, 0.1) is 11.6 Å². The molecule has 94 valence electrons. The average Bonchev–Trinajstić information content (AvgIpc) is 2.40. The zero-order chi connectivity index (χ0) is 13.1. The first-order valence-corrected chi connectivity index (χ1v) is 5.46. The topological polar surface area (TPSA) is 40.5 Å². The molecule has 0 fully saturated rings. The van der Waals surface area contributed by atoms with E-state index in [1.54, 1.807) is 12.1 Å². The van der Waals surface area contributed by atoms with Crippen LogP contribution in [0.5, 0.6) is 0 Å². The van der Waals surface area contributed by atoms with Crippen LogP contribution in [0.4, 0.5) is 8.78 Å². The maximum Gasteiger partial charge on any atom is 0.136 e. The second kappa shape index (κ2) is 5.25. The molecule has 0 atom stereocenters. The van der Waals surface area contributed by atoms with Crippen LogP contribution in [0.3, 0.4) is 0 Å². The Balaban J connectivity index is 2.62. The summed E-state index contributed by atoms with van der Waals surface area (Å²) in [6.45, 7) is -0.887. The SMILES string of the molecule is OCc1cccc(-c2cccc(CO)c2F)c1F. The molecule has 0 spiro atoms. The normalized spacial score (nSPS) is 10.7. The molecule has 0 bridgehead atoms. The molecule has 0 unspecified atom stereocenters. The summed E-state index contributed by atoms with van der Waals surface area (Å²) < 4.78 is 28.0. The zero-order valence-corrected chi connectivity index (χ0v) is 9.53. The lowest BCUT2D eigenvalue weighted by molar-refractivity contribution is 0.275. The molecule has 0 saturated carbocycles. The number of hydrogen-bond acceptors (Lipinski definition) is 2. The van der Waals surface area contributed by atoms with Crippen LogP contribution in [-0.4, -0.2) is 10.2 Å². The van der Waals surface area contributed by atoms with E-state index in [0.29, 0.717) is 0 Å². The van der Waals surface area contributed by atoms with Gasteiger partial charge in [0.1, 0.15) is 11.6 Å². The summed E-state index contributed by atoms with van der Waals surface area (Å²) in [7, 11) is 0. The highest BCUT2D eigenvalue weighted by atomic mass is 19.1. The smallest absolute Gasteiger partial charge is 0.136 e. The Morgan fingerprint density at radius 3 is 1.44 bits per heavy atom. The molecule has 0 saturated heterocycles. The molecule has 0 heterocycles. The second-order valence-corrected chi connectivity index (χ2v) is 3.87. The second-order valence-electron chi connectivity index (χ2n) is 3.87. The lowest BCUT2D eigenvalue weighted by atomic mass is 9.99. The van der Waals surface area contributed by atoms with Gasteiger partial charge >= 0.3 is 0 Å². The Morgan fingerprint density at radius 1 is 0.722 bits per heavy atom. The zero-order valence-electron chi connectivity index (χ0n) is 9.53. The Hall–Kier alpha value is -1.78. The molecule has 2 N–H and O–H groups in total. The molecular formula is C14H12F2O2. The molecule has 0 aliphatic rings. The van der Waals surface area contributed by atoms with E-state index in [4.69, 9.17) is 10.2 Å². The van der Waals surface area contributed by atoms with Crippen LogP contribution in [0.2, 0.25) is 0 Å². The van der Waals surface area contributed by atoms with Crippen molar-refractivity contribution in [3.63, 3.8) is 0 Å². The number of halogens is 2. The minimum Gasteiger partial charge on any atom is -0.392 e. The molecule has 2 rings (SSSR count). The average molecular weight is 250 g/mol. The van der Waals surface area contributed by atoms with Gasteiger partial charge in [-0.15, -0.1) is 0 Å². The van der Waals surface area contributed by atoms with Gasteiger partial charge in [0.25, 0.3) is 0 Å². The summed E-state index contributed by atoms with van der Waals surface area (Å²) in [4.78, 5) is 0. The van der Waals surface area contributed by atoms with Gasteiger partial charge in [0, 0.05) is 22.3 Å². The van der Waals surface area contributed by atoms with Gasteiger partial charge in [-0.2, -0.15) is 0 Å². The van der Waals surface area contributed by atoms with Crippen LogP contribution < -0.4 is 0 Å². The van der Waals surface area contributed by atoms with Crippen molar-refractivity contribution in [1.29, 1.82) is 0 Å². The largest absolute Gasteiger partial charge is 0.392 e. The van der Waals surface area contributed by atoms with Crippen LogP contribution in [-0.2, 0) is 13.2 Å². The lowest BCUT2D eigenvalue weighted by Crippen LogP contribution is -1.97. The Labute approximate surface area is 103 Å². The van der Waals surface area contributed by atoms with Crippen molar-refractivity contribution in [3.05, 3.63) is 59.2 Å². The van der Waals surface area contributed by atoms with E-state index in [9.17, 15) is 8.78 Å². The van der Waals surface area contributed by atoms with Crippen molar-refractivity contribution < 1.29 is 19.0 Å². The number of aliphatic hydroxyl groups is 2. The summed E-state index contributed by atoms with van der Waals surface area (Å²) in [5.41, 5.74) is 0.381. The van der Waals surface area contributed by atoms with Gasteiger partial charge < -0.3 is 10.2 Å². The highest BCUT2D eigenvalue weighted by Gasteiger charge is 2.14. The summed E-state index contributed by atoms with van der Waals surface area (Å²) in [5, 5.41) is 18.0. The minimum atomic E-state index is -0.644. The summed E-state index contributed by atoms with van der Waals surface area (Å²) in [6, 6.07) is 8.85. The van der Waals surface area contributed by atoms with Gasteiger partial charge in [0.15, 0.2) is 0 Å². The minimum absolute atomic E-state index is 0.0781. The molecule has 0 amide bonds. The van der Waals surface area contributed by atoms with Crippen LogP contribution in [0.15, 0.2) is 36.4 Å². The van der Waals surface area contributed by atoms with Gasteiger partial charge in [-0.05, 0) is 0 Å². The van der Waals surface area contributed by atoms with Crippen molar-refractivity contribution in [3.8, 4) is 11.1 Å². The van der Waals surface area contributed by atoms with Crippen LogP contribution in [0.25, 0.3) is 11.1 Å². The summed E-state index contributed by atoms with van der Waals surface area (Å²) in [5.74, 6) is -1.29. The molecule has 4 heteroatoms. The fourth-order valence-corrected chi connectivity index (χ4v) is 1.82. The molecule has 0 aliphatic carbocycles. The maximum atomic E-state index is 14.0. The first kappa shape index (κ1) is 12.7. The summed E-state index contributed by atoms with van der Waals surface area (Å²) in [6.07, 6.45) is 0. The van der Waals surface area contributed by atoms with Crippen molar-refractivity contribution in [2.75, 3.05) is 0 Å². The van der Waals surface area contributed by atoms with E-state index in [1.165, 1.54) is 24.3 Å². The monoisotopic (exact) mass is 250 g/mol. The Kier molecular flexibility index (Phi) is 3.69.